The molecule has 0 aliphatic carbocycles. The van der Waals surface area contributed by atoms with Gasteiger partial charge < -0.3 is 29.9 Å². The van der Waals surface area contributed by atoms with E-state index in [1.54, 1.807) is 11.2 Å². The molecule has 1 atom stereocenters. The lowest BCUT2D eigenvalue weighted by Crippen LogP contribution is -2.61. The molecule has 7 heterocycles. The number of nitrogens with one attached hydrogen (secondary N) is 3. The van der Waals surface area contributed by atoms with Crippen molar-refractivity contribution in [3.05, 3.63) is 96.0 Å². The van der Waals surface area contributed by atoms with E-state index in [0.29, 0.717) is 30.0 Å². The van der Waals surface area contributed by atoms with Crippen LogP contribution in [-0.2, 0) is 10.2 Å². The van der Waals surface area contributed by atoms with Crippen molar-refractivity contribution in [1.29, 1.82) is 0 Å². The summed E-state index contributed by atoms with van der Waals surface area (Å²) in [7, 11) is 0. The number of urea groups is 1. The number of imide groups is 1. The fourth-order valence-electron chi connectivity index (χ4n) is 9.62. The van der Waals surface area contributed by atoms with Gasteiger partial charge in [-0.15, -0.1) is 0 Å². The molecule has 1 spiro atoms. The monoisotopic (exact) mass is 866 g/mol. The molecular formula is C48H58N12O4. The first-order valence-electron chi connectivity index (χ1n) is 22.5. The lowest BCUT2D eigenvalue weighted by atomic mass is 9.71. The fraction of sp³-hybridized carbons (Fsp3) is 0.458. The third-order valence-corrected chi connectivity index (χ3v) is 13.4. The van der Waals surface area contributed by atoms with Gasteiger partial charge in [0.2, 0.25) is 5.91 Å². The van der Waals surface area contributed by atoms with Crippen LogP contribution in [0.5, 0.6) is 0 Å². The summed E-state index contributed by atoms with van der Waals surface area (Å²) in [5.41, 5.74) is 6.96. The lowest BCUT2D eigenvalue weighted by Gasteiger charge is -2.55. The highest BCUT2D eigenvalue weighted by atomic mass is 16.5. The van der Waals surface area contributed by atoms with Crippen LogP contribution in [0.3, 0.4) is 0 Å². The van der Waals surface area contributed by atoms with Crippen LogP contribution >= 0.6 is 0 Å². The predicted octanol–water partition coefficient (Wildman–Crippen LogP) is 7.03. The number of aromatic nitrogens is 5. The summed E-state index contributed by atoms with van der Waals surface area (Å²) in [6.07, 6.45) is 8.61. The van der Waals surface area contributed by atoms with Gasteiger partial charge in [-0.1, -0.05) is 38.1 Å². The van der Waals surface area contributed by atoms with Crippen LogP contribution in [-0.4, -0.2) is 100 Å². The minimum absolute atomic E-state index is 0.0480. The average molecular weight is 867 g/mol. The number of nitrogens with zero attached hydrogens (tertiary/aromatic N) is 9. The zero-order valence-corrected chi connectivity index (χ0v) is 37.4. The highest BCUT2D eigenvalue weighted by Crippen LogP contribution is 2.42. The molecule has 3 N–H and O–H groups in total. The van der Waals surface area contributed by atoms with Crippen LogP contribution in [0.1, 0.15) is 93.5 Å². The minimum Gasteiger partial charge on any atom is -0.372 e. The van der Waals surface area contributed by atoms with Crippen molar-refractivity contribution in [2.24, 2.45) is 11.3 Å². The summed E-state index contributed by atoms with van der Waals surface area (Å²) in [4.78, 5) is 63.9. The first-order chi connectivity index (χ1) is 30.8. The van der Waals surface area contributed by atoms with Crippen LogP contribution < -0.4 is 30.7 Å². The third-order valence-electron chi connectivity index (χ3n) is 13.4. The van der Waals surface area contributed by atoms with E-state index in [9.17, 15) is 14.4 Å². The van der Waals surface area contributed by atoms with Crippen LogP contribution in [0.15, 0.2) is 77.7 Å². The zero-order valence-electron chi connectivity index (χ0n) is 37.4. The number of piperidine rings is 2. The van der Waals surface area contributed by atoms with E-state index in [1.165, 1.54) is 51.0 Å². The number of anilines is 5. The number of aryl methyl sites for hydroxylation is 1. The Hall–Kier alpha value is -6.42. The number of hydrogen-bond donors (Lipinski definition) is 3. The number of carbonyl (C=O) groups is 3. The minimum atomic E-state index is -0.409. The van der Waals surface area contributed by atoms with Crippen molar-refractivity contribution < 1.29 is 18.9 Å². The van der Waals surface area contributed by atoms with Gasteiger partial charge in [0.15, 0.2) is 5.82 Å². The van der Waals surface area contributed by atoms with Gasteiger partial charge >= 0.3 is 17.8 Å². The first-order valence-corrected chi connectivity index (χ1v) is 22.5. The Kier molecular flexibility index (Phi) is 11.8. The van der Waals surface area contributed by atoms with Gasteiger partial charge in [-0.2, -0.15) is 4.98 Å². The summed E-state index contributed by atoms with van der Waals surface area (Å²) in [6.45, 7) is 18.0. The molecule has 64 heavy (non-hydrogen) atoms. The Morgan fingerprint density at radius 3 is 2.27 bits per heavy atom. The van der Waals surface area contributed by atoms with Gasteiger partial charge in [-0.05, 0) is 104 Å². The van der Waals surface area contributed by atoms with Gasteiger partial charge in [0, 0.05) is 87.2 Å². The molecule has 9 rings (SSSR count). The van der Waals surface area contributed by atoms with Crippen molar-refractivity contribution in [3.8, 4) is 11.3 Å². The van der Waals surface area contributed by atoms with Crippen molar-refractivity contribution in [2.45, 2.75) is 78.2 Å². The Morgan fingerprint density at radius 1 is 0.875 bits per heavy atom. The molecule has 4 amide bonds. The molecule has 2 aromatic carbocycles. The van der Waals surface area contributed by atoms with Crippen molar-refractivity contribution in [1.82, 2.24) is 40.6 Å². The van der Waals surface area contributed by atoms with Gasteiger partial charge in [-0.25, -0.2) is 19.7 Å². The van der Waals surface area contributed by atoms with Crippen molar-refractivity contribution in [2.75, 3.05) is 72.4 Å². The maximum atomic E-state index is 12.9. The topological polar surface area (TPSA) is 178 Å². The highest BCUT2D eigenvalue weighted by molar-refractivity contribution is 6.05. The largest absolute Gasteiger partial charge is 0.372 e. The summed E-state index contributed by atoms with van der Waals surface area (Å²) in [5.74, 6) is 1.90. The van der Waals surface area contributed by atoms with Crippen LogP contribution in [0, 0.1) is 18.3 Å². The van der Waals surface area contributed by atoms with Crippen LogP contribution in [0.2, 0.25) is 0 Å². The summed E-state index contributed by atoms with van der Waals surface area (Å²) < 4.78 is 5.23. The zero-order chi connectivity index (χ0) is 44.6. The molecule has 334 valence electrons. The number of benzene rings is 2. The molecule has 0 bridgehead atoms. The Morgan fingerprint density at radius 2 is 1.59 bits per heavy atom. The highest BCUT2D eigenvalue weighted by Gasteiger charge is 2.45. The van der Waals surface area contributed by atoms with E-state index >= 15 is 0 Å². The number of carbonyl (C=O) groups excluding carboxylic acids is 3. The number of rotatable bonds is 11. The summed E-state index contributed by atoms with van der Waals surface area (Å²) in [5, 5.41) is 12.7. The number of amides is 4. The second kappa shape index (κ2) is 17.6. The first kappa shape index (κ1) is 42.9. The standard InChI is InChI=1S/C48H58N12O4/c1-31-24-34(6-12-38(31)32(2)52-43(62)44-55-45(56-64-44)47(3,4)5)39-25-41(51-30-50-39)53-40-13-11-37(26-49-40)59-22-17-48(18-23-59)28-57(29-48)27-33-14-19-58(20-15-33)35-7-9-36(10-8-35)60-21-16-42(61)54-46(60)63/h6-13,24-26,30,32-33H,14-23,27-29H2,1-5H3,(H,52,62)(H,54,61,63)(H,49,50,51,53). The van der Waals surface area contributed by atoms with Crippen LogP contribution in [0.25, 0.3) is 11.3 Å². The Balaban J connectivity index is 0.708. The number of pyridine rings is 1. The third kappa shape index (κ3) is 9.42. The predicted molar refractivity (Wildman–Crippen MR) is 246 cm³/mol. The van der Waals surface area contributed by atoms with E-state index in [4.69, 9.17) is 9.51 Å². The van der Waals surface area contributed by atoms with E-state index in [2.05, 4.69) is 75.0 Å². The molecule has 4 aliphatic rings. The maximum Gasteiger partial charge on any atom is 0.328 e. The Bertz CT molecular complexity index is 2480. The molecule has 4 saturated heterocycles. The quantitative estimate of drug-likeness (QED) is 0.123. The molecule has 4 fully saturated rings. The maximum absolute atomic E-state index is 12.9. The molecule has 5 aromatic rings. The summed E-state index contributed by atoms with van der Waals surface area (Å²) >= 11 is 0. The molecular weight excluding hydrogens is 809 g/mol. The SMILES string of the molecule is Cc1cc(-c2cc(Nc3ccc(N4CCC5(CC4)CN(CC4CCN(c6ccc(N7CCC(=O)NC7=O)cc6)CC4)C5)cn3)ncn2)ccc1C(C)NC(=O)c1nc(C(C)(C)C)no1. The molecule has 16 nitrogen and oxygen atoms in total. The lowest BCUT2D eigenvalue weighted by molar-refractivity contribution is -0.120. The van der Waals surface area contributed by atoms with Gasteiger partial charge in [0.1, 0.15) is 18.0 Å². The normalized spacial score (nSPS) is 18.7. The molecule has 1 unspecified atom stereocenters. The van der Waals surface area contributed by atoms with E-state index in [-0.39, 0.29) is 29.3 Å². The van der Waals surface area contributed by atoms with E-state index in [0.717, 1.165) is 71.7 Å². The Labute approximate surface area is 374 Å². The molecule has 4 aliphatic heterocycles. The van der Waals surface area contributed by atoms with E-state index < -0.39 is 5.91 Å². The molecule has 16 heteroatoms. The van der Waals surface area contributed by atoms with E-state index in [1.807, 2.05) is 77.2 Å². The van der Waals surface area contributed by atoms with Gasteiger partial charge in [0.05, 0.1) is 23.6 Å². The molecule has 0 saturated carbocycles. The van der Waals surface area contributed by atoms with Gasteiger partial charge in [0.25, 0.3) is 0 Å². The van der Waals surface area contributed by atoms with Crippen molar-refractivity contribution in [3.63, 3.8) is 0 Å². The molecule has 3 aromatic heterocycles. The van der Waals surface area contributed by atoms with Crippen LogP contribution in [0.4, 0.5) is 33.5 Å². The fourth-order valence-corrected chi connectivity index (χ4v) is 9.62. The average Bonchev–Trinajstić information content (AvgIpc) is 3.79. The second-order valence-corrected chi connectivity index (χ2v) is 19.1. The second-order valence-electron chi connectivity index (χ2n) is 19.1. The number of hydrogen-bond acceptors (Lipinski definition) is 13. The summed E-state index contributed by atoms with van der Waals surface area (Å²) in [6, 6.07) is 19.7. The van der Waals surface area contributed by atoms with Gasteiger partial charge in [-0.3, -0.25) is 19.8 Å². The van der Waals surface area contributed by atoms with Crippen molar-refractivity contribution >= 4 is 46.5 Å². The smallest absolute Gasteiger partial charge is 0.328 e. The molecule has 0 radical (unpaired) electrons. The number of likely N-dealkylation sites (tertiary alicyclic amines) is 1.